The fourth-order valence-electron chi connectivity index (χ4n) is 1.06. The monoisotopic (exact) mass is 211 g/mol. The number of hydrogen-bond donors (Lipinski definition) is 2. The van der Waals surface area contributed by atoms with E-state index < -0.39 is 0 Å². The zero-order valence-electron chi connectivity index (χ0n) is 8.66. The number of aromatic nitrogens is 1. The van der Waals surface area contributed by atoms with Gasteiger partial charge in [0.15, 0.2) is 0 Å². The summed E-state index contributed by atoms with van der Waals surface area (Å²) in [4.78, 5) is 4.06. The Morgan fingerprint density at radius 2 is 2.36 bits per heavy atom. The van der Waals surface area contributed by atoms with Gasteiger partial charge < -0.3 is 5.43 Å². The molecule has 14 heavy (non-hydrogen) atoms. The molecule has 3 nitrogen and oxygen atoms in total. The van der Waals surface area contributed by atoms with Gasteiger partial charge in [0, 0.05) is 11.9 Å². The van der Waals surface area contributed by atoms with Gasteiger partial charge >= 0.3 is 0 Å². The molecule has 0 radical (unpaired) electrons. The maximum atomic E-state index is 5.28. The molecule has 0 aliphatic heterocycles. The van der Waals surface area contributed by atoms with Gasteiger partial charge in [-0.3, -0.25) is 0 Å². The third-order valence-electron chi connectivity index (χ3n) is 1.69. The zero-order valence-corrected chi connectivity index (χ0v) is 9.47. The van der Waals surface area contributed by atoms with Gasteiger partial charge in [0.25, 0.3) is 0 Å². The Balaban J connectivity index is 2.42. The van der Waals surface area contributed by atoms with Gasteiger partial charge in [-0.2, -0.15) is 11.8 Å². The Labute approximate surface area is 89.5 Å². The molecule has 0 spiro atoms. The summed E-state index contributed by atoms with van der Waals surface area (Å²) in [6.07, 6.45) is 1.78. The van der Waals surface area contributed by atoms with Gasteiger partial charge in [-0.05, 0) is 29.4 Å². The van der Waals surface area contributed by atoms with E-state index in [-0.39, 0.29) is 0 Å². The van der Waals surface area contributed by atoms with Gasteiger partial charge in [0.2, 0.25) is 0 Å². The van der Waals surface area contributed by atoms with Crippen molar-refractivity contribution in [2.24, 2.45) is 11.8 Å². The highest BCUT2D eigenvalue weighted by atomic mass is 32.2. The van der Waals surface area contributed by atoms with E-state index in [9.17, 15) is 0 Å². The number of hydrogen-bond acceptors (Lipinski definition) is 4. The van der Waals surface area contributed by atoms with Crippen molar-refractivity contribution in [3.8, 4) is 0 Å². The number of pyridine rings is 1. The number of nitrogens with two attached hydrogens (primary N) is 1. The van der Waals surface area contributed by atoms with Crippen LogP contribution in [0.25, 0.3) is 0 Å². The Hall–Kier alpha value is -0.740. The first kappa shape index (κ1) is 11.3. The number of hydrazine groups is 1. The van der Waals surface area contributed by atoms with Crippen molar-refractivity contribution in [3.63, 3.8) is 0 Å². The summed E-state index contributed by atoms with van der Waals surface area (Å²) in [6.45, 7) is 4.46. The summed E-state index contributed by atoms with van der Waals surface area (Å²) < 4.78 is 0. The van der Waals surface area contributed by atoms with E-state index in [4.69, 9.17) is 5.84 Å². The predicted octanol–water partition coefficient (Wildman–Crippen LogP) is 2.26. The second-order valence-corrected chi connectivity index (χ2v) is 4.63. The fourth-order valence-corrected chi connectivity index (χ4v) is 2.06. The fraction of sp³-hybridized carbons (Fsp3) is 0.500. The van der Waals surface area contributed by atoms with Crippen molar-refractivity contribution in [1.29, 1.82) is 0 Å². The lowest BCUT2D eigenvalue weighted by Crippen LogP contribution is -2.08. The number of nitrogens with zero attached hydrogens (tertiary/aromatic N) is 1. The highest BCUT2D eigenvalue weighted by Crippen LogP contribution is 2.16. The first-order valence-electron chi connectivity index (χ1n) is 4.71. The molecule has 0 unspecified atom stereocenters. The first-order chi connectivity index (χ1) is 6.72. The van der Waals surface area contributed by atoms with Crippen LogP contribution in [-0.2, 0) is 5.75 Å². The minimum atomic E-state index is 0.729. The molecule has 1 aromatic heterocycles. The molecule has 0 bridgehead atoms. The Kier molecular flexibility index (Phi) is 4.76. The molecule has 1 heterocycles. The van der Waals surface area contributed by atoms with E-state index in [1.165, 1.54) is 11.3 Å². The van der Waals surface area contributed by atoms with Crippen LogP contribution in [0.5, 0.6) is 0 Å². The van der Waals surface area contributed by atoms with E-state index >= 15 is 0 Å². The molecular formula is C10H17N3S. The summed E-state index contributed by atoms with van der Waals surface area (Å²) >= 11 is 1.94. The summed E-state index contributed by atoms with van der Waals surface area (Å²) in [6, 6.07) is 4.00. The van der Waals surface area contributed by atoms with Crippen molar-refractivity contribution in [1.82, 2.24) is 4.98 Å². The Morgan fingerprint density at radius 1 is 1.57 bits per heavy atom. The summed E-state index contributed by atoms with van der Waals surface area (Å²) in [5.41, 5.74) is 3.81. The average molecular weight is 211 g/mol. The summed E-state index contributed by atoms with van der Waals surface area (Å²) in [5, 5.41) is 0. The lowest BCUT2D eigenvalue weighted by atomic mass is 10.3. The number of thioether (sulfide) groups is 1. The molecular weight excluding hydrogens is 194 g/mol. The van der Waals surface area contributed by atoms with Gasteiger partial charge in [-0.1, -0.05) is 13.8 Å². The van der Waals surface area contributed by atoms with Crippen molar-refractivity contribution in [2.45, 2.75) is 19.6 Å². The molecule has 0 atom stereocenters. The van der Waals surface area contributed by atoms with Crippen LogP contribution in [0.4, 0.5) is 5.82 Å². The number of nitrogen functional groups attached to an aromatic ring is 1. The van der Waals surface area contributed by atoms with Crippen molar-refractivity contribution in [3.05, 3.63) is 23.9 Å². The van der Waals surface area contributed by atoms with Crippen LogP contribution in [-0.4, -0.2) is 10.7 Å². The first-order valence-corrected chi connectivity index (χ1v) is 5.87. The molecule has 0 saturated heterocycles. The molecule has 0 amide bonds. The molecule has 1 rings (SSSR count). The SMILES string of the molecule is CC(C)CSCc1ccnc(NN)c1. The van der Waals surface area contributed by atoms with Gasteiger partial charge in [0.05, 0.1) is 0 Å². The molecule has 0 aliphatic carbocycles. The van der Waals surface area contributed by atoms with Crippen LogP contribution in [0.2, 0.25) is 0 Å². The van der Waals surface area contributed by atoms with Crippen LogP contribution in [0.1, 0.15) is 19.4 Å². The van der Waals surface area contributed by atoms with Crippen LogP contribution in [0, 0.1) is 5.92 Å². The lowest BCUT2D eigenvalue weighted by Gasteiger charge is -2.05. The minimum Gasteiger partial charge on any atom is -0.308 e. The number of rotatable bonds is 5. The second-order valence-electron chi connectivity index (χ2n) is 3.60. The van der Waals surface area contributed by atoms with Crippen LogP contribution < -0.4 is 11.3 Å². The van der Waals surface area contributed by atoms with Crippen molar-refractivity contribution < 1.29 is 0 Å². The van der Waals surface area contributed by atoms with Gasteiger partial charge in [-0.25, -0.2) is 10.8 Å². The van der Waals surface area contributed by atoms with Crippen LogP contribution >= 0.6 is 11.8 Å². The van der Waals surface area contributed by atoms with E-state index in [2.05, 4.69) is 24.3 Å². The third kappa shape index (κ3) is 3.98. The standard InChI is InChI=1S/C10H17N3S/c1-8(2)6-14-7-9-3-4-12-10(5-9)13-11/h3-5,8H,6-7,11H2,1-2H3,(H,12,13). The smallest absolute Gasteiger partial charge is 0.140 e. The molecule has 4 heteroatoms. The number of anilines is 1. The lowest BCUT2D eigenvalue weighted by molar-refractivity contribution is 0.750. The quantitative estimate of drug-likeness (QED) is 0.579. The topological polar surface area (TPSA) is 50.9 Å². The molecule has 0 fully saturated rings. The third-order valence-corrected chi connectivity index (χ3v) is 3.13. The van der Waals surface area contributed by atoms with Gasteiger partial charge in [-0.15, -0.1) is 0 Å². The highest BCUT2D eigenvalue weighted by molar-refractivity contribution is 7.98. The normalized spacial score (nSPS) is 10.6. The highest BCUT2D eigenvalue weighted by Gasteiger charge is 1.98. The summed E-state index contributed by atoms with van der Waals surface area (Å²) in [7, 11) is 0. The average Bonchev–Trinajstić information content (AvgIpc) is 2.18. The Morgan fingerprint density at radius 3 is 3.00 bits per heavy atom. The van der Waals surface area contributed by atoms with Crippen molar-refractivity contribution in [2.75, 3.05) is 11.2 Å². The van der Waals surface area contributed by atoms with E-state index in [0.29, 0.717) is 0 Å². The molecule has 3 N–H and O–H groups in total. The van der Waals surface area contributed by atoms with Crippen LogP contribution in [0.15, 0.2) is 18.3 Å². The predicted molar refractivity (Wildman–Crippen MR) is 63.0 cm³/mol. The van der Waals surface area contributed by atoms with E-state index in [0.717, 1.165) is 17.5 Å². The molecule has 0 aromatic carbocycles. The molecule has 0 saturated carbocycles. The molecule has 0 aliphatic rings. The minimum absolute atomic E-state index is 0.729. The zero-order chi connectivity index (χ0) is 10.4. The van der Waals surface area contributed by atoms with Crippen LogP contribution in [0.3, 0.4) is 0 Å². The van der Waals surface area contributed by atoms with Gasteiger partial charge in [0.1, 0.15) is 5.82 Å². The Bertz CT molecular complexity index is 276. The van der Waals surface area contributed by atoms with E-state index in [1.807, 2.05) is 23.9 Å². The maximum Gasteiger partial charge on any atom is 0.140 e. The van der Waals surface area contributed by atoms with E-state index in [1.54, 1.807) is 6.20 Å². The molecule has 78 valence electrons. The second kappa shape index (κ2) is 5.88. The molecule has 1 aromatic rings. The summed E-state index contributed by atoms with van der Waals surface area (Å²) in [5.74, 6) is 8.96. The largest absolute Gasteiger partial charge is 0.308 e. The number of nitrogens with one attached hydrogen (secondary N) is 1. The maximum absolute atomic E-state index is 5.28. The van der Waals surface area contributed by atoms with Crippen molar-refractivity contribution >= 4 is 17.6 Å².